The van der Waals surface area contributed by atoms with E-state index in [1.54, 1.807) is 0 Å². The molecular formula is C4H13Br3LiN. The van der Waals surface area contributed by atoms with E-state index in [2.05, 4.69) is 28.2 Å². The van der Waals surface area contributed by atoms with Crippen molar-refractivity contribution in [2.24, 2.45) is 0 Å². The molecule has 0 unspecified atom stereocenters. The molecule has 9 heavy (non-hydrogen) atoms. The molecule has 0 fully saturated rings. The SMILES string of the molecule is Br.C[N+](C)(C)C.[Br-].[Br-].[Li+]. The molecule has 0 radical (unpaired) electrons. The minimum absolute atomic E-state index is 0. The van der Waals surface area contributed by atoms with Crippen LogP contribution >= 0.6 is 17.0 Å². The molecule has 0 aromatic heterocycles. The molecule has 0 saturated carbocycles. The molecule has 0 spiro atoms. The van der Waals surface area contributed by atoms with E-state index in [1.807, 2.05) is 0 Å². The zero-order valence-corrected chi connectivity index (χ0v) is 11.5. The predicted octanol–water partition coefficient (Wildman–Crippen LogP) is -8.09. The predicted molar refractivity (Wildman–Crippen MR) is 34.3 cm³/mol. The Morgan fingerprint density at radius 3 is 0.778 bits per heavy atom. The average molecular weight is 322 g/mol. The van der Waals surface area contributed by atoms with Gasteiger partial charge < -0.3 is 38.4 Å². The van der Waals surface area contributed by atoms with E-state index in [0.717, 1.165) is 4.48 Å². The molecule has 1 nitrogen and oxygen atoms in total. The van der Waals surface area contributed by atoms with Gasteiger partial charge in [0.2, 0.25) is 0 Å². The van der Waals surface area contributed by atoms with Gasteiger partial charge in [0.25, 0.3) is 0 Å². The molecule has 0 saturated heterocycles. The van der Waals surface area contributed by atoms with E-state index in [1.165, 1.54) is 0 Å². The van der Waals surface area contributed by atoms with Crippen molar-refractivity contribution in [1.82, 2.24) is 0 Å². The molecule has 0 aromatic rings. The molecule has 0 bridgehead atoms. The third-order valence-corrected chi connectivity index (χ3v) is 0. The Balaban J connectivity index is -0.0000000133. The van der Waals surface area contributed by atoms with Crippen molar-refractivity contribution in [3.05, 3.63) is 0 Å². The molecule has 5 heteroatoms. The number of hydrogen-bond acceptors (Lipinski definition) is 0. The largest absolute Gasteiger partial charge is 1.00 e. The number of nitrogens with zero attached hydrogens (tertiary/aromatic N) is 1. The van der Waals surface area contributed by atoms with Crippen LogP contribution in [0.15, 0.2) is 0 Å². The summed E-state index contributed by atoms with van der Waals surface area (Å²) < 4.78 is 1.00. The summed E-state index contributed by atoms with van der Waals surface area (Å²) in [5, 5.41) is 0. The fourth-order valence-electron chi connectivity index (χ4n) is 0. The smallest absolute Gasteiger partial charge is 1.00 e. The van der Waals surface area contributed by atoms with Crippen LogP contribution in [0.1, 0.15) is 0 Å². The van der Waals surface area contributed by atoms with Crippen LogP contribution in [0.5, 0.6) is 0 Å². The first-order valence-electron chi connectivity index (χ1n) is 1.79. The zero-order chi connectivity index (χ0) is 4.50. The topological polar surface area (TPSA) is 0 Å². The van der Waals surface area contributed by atoms with Gasteiger partial charge in [-0.05, 0) is 0 Å². The fourth-order valence-corrected chi connectivity index (χ4v) is 0. The van der Waals surface area contributed by atoms with Crippen molar-refractivity contribution >= 4 is 17.0 Å². The van der Waals surface area contributed by atoms with Crippen molar-refractivity contribution in [1.29, 1.82) is 0 Å². The Hall–Kier alpha value is 2.00. The standard InChI is InChI=1S/C4H12N.3BrH.Li/c1-5(2,3)4;;;;/h1-4H3;3*1H;/q+1;;;;+1/p-2. The number of rotatable bonds is 0. The van der Waals surface area contributed by atoms with Crippen LogP contribution in [0.25, 0.3) is 0 Å². The molecule has 0 amide bonds. The second-order valence-corrected chi connectivity index (χ2v) is 2.68. The molecule has 56 valence electrons. The molecule has 0 aliphatic rings. The maximum Gasteiger partial charge on any atom is 1.00 e. The second kappa shape index (κ2) is 12.7. The van der Waals surface area contributed by atoms with Crippen molar-refractivity contribution in [2.75, 3.05) is 28.2 Å². The van der Waals surface area contributed by atoms with Crippen LogP contribution in [0.2, 0.25) is 0 Å². The van der Waals surface area contributed by atoms with E-state index in [9.17, 15) is 0 Å². The van der Waals surface area contributed by atoms with E-state index < -0.39 is 0 Å². The van der Waals surface area contributed by atoms with Crippen LogP contribution in [-0.4, -0.2) is 32.7 Å². The molecule has 0 rings (SSSR count). The summed E-state index contributed by atoms with van der Waals surface area (Å²) in [6.07, 6.45) is 0. The minimum Gasteiger partial charge on any atom is -1.00 e. The van der Waals surface area contributed by atoms with E-state index in [4.69, 9.17) is 0 Å². The molecular weight excluding hydrogens is 309 g/mol. The Morgan fingerprint density at radius 1 is 0.778 bits per heavy atom. The maximum atomic E-state index is 2.12. The first kappa shape index (κ1) is 30.6. The van der Waals surface area contributed by atoms with Gasteiger partial charge in [-0.1, -0.05) is 0 Å². The first-order chi connectivity index (χ1) is 2.00. The third-order valence-electron chi connectivity index (χ3n) is 0. The van der Waals surface area contributed by atoms with E-state index in [0.29, 0.717) is 0 Å². The normalized spacial score (nSPS) is 6.67. The number of hydrogen-bond donors (Lipinski definition) is 0. The van der Waals surface area contributed by atoms with Gasteiger partial charge in [0, 0.05) is 0 Å². The average Bonchev–Trinajstić information content (AvgIpc) is 0.722. The van der Waals surface area contributed by atoms with Gasteiger partial charge in [-0.15, -0.1) is 17.0 Å². The summed E-state index contributed by atoms with van der Waals surface area (Å²) in [6.45, 7) is 0. The Morgan fingerprint density at radius 2 is 0.778 bits per heavy atom. The first-order valence-corrected chi connectivity index (χ1v) is 1.79. The molecule has 0 aliphatic heterocycles. The molecule has 0 N–H and O–H groups in total. The van der Waals surface area contributed by atoms with Crippen LogP contribution in [0.4, 0.5) is 0 Å². The molecule has 0 atom stereocenters. The van der Waals surface area contributed by atoms with Crippen molar-refractivity contribution in [3.63, 3.8) is 0 Å². The van der Waals surface area contributed by atoms with Gasteiger partial charge in [-0.25, -0.2) is 0 Å². The Kier molecular flexibility index (Phi) is 43.0. The maximum absolute atomic E-state index is 2.12. The Bertz CT molecular complexity index is 31.3. The van der Waals surface area contributed by atoms with Crippen LogP contribution < -0.4 is 52.8 Å². The Labute approximate surface area is 102 Å². The summed E-state index contributed by atoms with van der Waals surface area (Å²) in [4.78, 5) is 0. The number of halogens is 3. The van der Waals surface area contributed by atoms with E-state index in [-0.39, 0.29) is 69.8 Å². The molecule has 0 aromatic carbocycles. The molecule has 0 aliphatic carbocycles. The molecule has 0 heterocycles. The van der Waals surface area contributed by atoms with Gasteiger partial charge in [0.1, 0.15) is 0 Å². The monoisotopic (exact) mass is 319 g/mol. The van der Waals surface area contributed by atoms with Crippen molar-refractivity contribution in [3.8, 4) is 0 Å². The third kappa shape index (κ3) is 160. The summed E-state index contributed by atoms with van der Waals surface area (Å²) >= 11 is 0. The number of quaternary nitrogens is 1. The fraction of sp³-hybridized carbons (Fsp3) is 1.00. The van der Waals surface area contributed by atoms with E-state index >= 15 is 0 Å². The minimum atomic E-state index is 0. The van der Waals surface area contributed by atoms with Crippen molar-refractivity contribution < 1.29 is 57.3 Å². The zero-order valence-electron chi connectivity index (χ0n) is 6.61. The van der Waals surface area contributed by atoms with Gasteiger partial charge in [0.05, 0.1) is 28.2 Å². The van der Waals surface area contributed by atoms with Crippen LogP contribution in [0.3, 0.4) is 0 Å². The van der Waals surface area contributed by atoms with Crippen LogP contribution in [0, 0.1) is 0 Å². The van der Waals surface area contributed by atoms with Crippen LogP contribution in [-0.2, 0) is 0 Å². The summed E-state index contributed by atoms with van der Waals surface area (Å²) in [6, 6.07) is 0. The quantitative estimate of drug-likeness (QED) is 0.307. The summed E-state index contributed by atoms with van der Waals surface area (Å²) in [5.74, 6) is 0. The summed E-state index contributed by atoms with van der Waals surface area (Å²) in [5.41, 5.74) is 0. The van der Waals surface area contributed by atoms with Gasteiger partial charge in [-0.3, -0.25) is 0 Å². The van der Waals surface area contributed by atoms with Gasteiger partial charge in [0.15, 0.2) is 0 Å². The summed E-state index contributed by atoms with van der Waals surface area (Å²) in [7, 11) is 8.50. The van der Waals surface area contributed by atoms with Gasteiger partial charge >= 0.3 is 18.9 Å². The second-order valence-electron chi connectivity index (χ2n) is 2.68. The van der Waals surface area contributed by atoms with Gasteiger partial charge in [-0.2, -0.15) is 0 Å². The van der Waals surface area contributed by atoms with Crippen molar-refractivity contribution in [2.45, 2.75) is 0 Å².